The molecule has 0 spiro atoms. The third-order valence-corrected chi connectivity index (χ3v) is 15.3. The van der Waals surface area contributed by atoms with E-state index in [-0.39, 0.29) is 27.1 Å². The summed E-state index contributed by atoms with van der Waals surface area (Å²) in [5.74, 6) is 2.40. The Morgan fingerprint density at radius 2 is 1.00 bits per heavy atom. The highest BCUT2D eigenvalue weighted by Gasteiger charge is 2.34. The Bertz CT molecular complexity index is 3470. The molecule has 1 aliphatic heterocycles. The van der Waals surface area contributed by atoms with Crippen molar-refractivity contribution in [2.45, 2.75) is 112 Å². The summed E-state index contributed by atoms with van der Waals surface area (Å²) in [5.41, 5.74) is 14.8. The van der Waals surface area contributed by atoms with Crippen LogP contribution >= 0.6 is 0 Å². The maximum Gasteiger partial charge on any atom is 0.137 e. The van der Waals surface area contributed by atoms with Gasteiger partial charge in [0.1, 0.15) is 17.3 Å². The third-order valence-electron chi connectivity index (χ3n) is 15.3. The first-order valence-corrected chi connectivity index (χ1v) is 26.0. The number of ether oxygens (including phenoxy) is 1. The molecule has 0 fully saturated rings. The Morgan fingerprint density at radius 3 is 1.60 bits per heavy atom. The van der Waals surface area contributed by atoms with Gasteiger partial charge >= 0.3 is 0 Å². The molecule has 370 valence electrons. The molecule has 0 bridgehead atoms. The number of benzene rings is 7. The van der Waals surface area contributed by atoms with Crippen molar-refractivity contribution in [3.63, 3.8) is 0 Å². The average Bonchev–Trinajstić information content (AvgIpc) is 3.97. The number of allylic oxidation sites excluding steroid dienone is 1. The van der Waals surface area contributed by atoms with Crippen LogP contribution in [0.2, 0.25) is 0 Å². The first kappa shape index (κ1) is 49.2. The van der Waals surface area contributed by atoms with Gasteiger partial charge in [-0.1, -0.05) is 193 Å². The minimum absolute atomic E-state index is 0.00208. The normalized spacial score (nSPS) is 13.8. The molecule has 0 atom stereocenters. The van der Waals surface area contributed by atoms with Gasteiger partial charge < -0.3 is 14.5 Å². The molecule has 0 amide bonds. The molecule has 0 radical (unpaired) electrons. The van der Waals surface area contributed by atoms with E-state index in [2.05, 4.69) is 287 Å². The van der Waals surface area contributed by atoms with Crippen molar-refractivity contribution in [2.24, 2.45) is 5.41 Å². The summed E-state index contributed by atoms with van der Waals surface area (Å²) in [4.78, 5) is 10.0. The SMILES string of the molecule is CC(C)(C)C1=CN(c2cc(C(C)(C)C)cc(C(C)(C)C)c2)CN1c1cc(Oc2ccc3c4cc(-c5ccccc5)ccc4n(-c4cc(C(C)(C)c5ccccc5)ccn4)c3c2)cc(C(C)(C)c2ccccc2)c1. The predicted molar refractivity (Wildman–Crippen MR) is 309 cm³/mol. The molecule has 0 saturated heterocycles. The zero-order chi connectivity index (χ0) is 51.7. The quantitative estimate of drug-likeness (QED) is 0.137. The van der Waals surface area contributed by atoms with Crippen LogP contribution < -0.4 is 14.5 Å². The van der Waals surface area contributed by atoms with E-state index in [4.69, 9.17) is 9.72 Å². The van der Waals surface area contributed by atoms with Crippen molar-refractivity contribution in [1.82, 2.24) is 9.55 Å². The maximum absolute atomic E-state index is 7.22. The average molecular weight is 961 g/mol. The highest BCUT2D eigenvalue weighted by Crippen LogP contribution is 2.45. The van der Waals surface area contributed by atoms with E-state index in [1.165, 1.54) is 55.9 Å². The lowest BCUT2D eigenvalue weighted by molar-refractivity contribution is 0.478. The maximum atomic E-state index is 7.22. The van der Waals surface area contributed by atoms with Gasteiger partial charge in [0.25, 0.3) is 0 Å². The molecule has 0 saturated carbocycles. The second kappa shape index (κ2) is 18.3. The van der Waals surface area contributed by atoms with E-state index in [0.717, 1.165) is 44.8 Å². The molecule has 0 aliphatic carbocycles. The number of fused-ring (bicyclic) bond motifs is 3. The van der Waals surface area contributed by atoms with E-state index in [1.807, 2.05) is 6.20 Å². The minimum Gasteiger partial charge on any atom is -0.457 e. The second-order valence-electron chi connectivity index (χ2n) is 24.4. The zero-order valence-electron chi connectivity index (χ0n) is 45.3. The summed E-state index contributed by atoms with van der Waals surface area (Å²) in [5, 5.41) is 2.30. The summed E-state index contributed by atoms with van der Waals surface area (Å²) < 4.78 is 9.54. The van der Waals surface area contributed by atoms with Gasteiger partial charge in [-0.2, -0.15) is 0 Å². The number of nitrogens with zero attached hydrogens (tertiary/aromatic N) is 4. The Kier molecular flexibility index (Phi) is 12.3. The molecule has 3 heterocycles. The molecule has 0 N–H and O–H groups in total. The number of rotatable bonds is 10. The van der Waals surface area contributed by atoms with Crippen molar-refractivity contribution in [1.29, 1.82) is 0 Å². The lowest BCUT2D eigenvalue weighted by atomic mass is 9.78. The zero-order valence-corrected chi connectivity index (χ0v) is 45.3. The standard InChI is InChI=1S/C68H72N4O/c1-64(2,3)51-36-52(65(4,5)6)38-54(37-51)70-44-62(66(7,8)9)71(45-70)55-39-53(68(12,13)49-27-21-16-22-28-49)40-57(42-55)73-56-30-31-58-59-35-47(46-23-17-14-18-24-46)29-32-60(59)72(61(58)43-56)63-41-50(33-34-69-63)67(10,11)48-25-19-15-20-26-48/h14-44H,45H2,1-13H3. The summed E-state index contributed by atoms with van der Waals surface area (Å²) in [6.45, 7) is 30.7. The first-order valence-electron chi connectivity index (χ1n) is 26.0. The summed E-state index contributed by atoms with van der Waals surface area (Å²) >= 11 is 0. The fourth-order valence-electron chi connectivity index (χ4n) is 10.5. The third kappa shape index (κ3) is 9.59. The fourth-order valence-corrected chi connectivity index (χ4v) is 10.5. The lowest BCUT2D eigenvalue weighted by Gasteiger charge is -2.33. The largest absolute Gasteiger partial charge is 0.457 e. The summed E-state index contributed by atoms with van der Waals surface area (Å²) in [6.07, 6.45) is 4.33. The van der Waals surface area contributed by atoms with E-state index < -0.39 is 0 Å². The topological polar surface area (TPSA) is 33.5 Å². The summed E-state index contributed by atoms with van der Waals surface area (Å²) in [6, 6.07) is 64.1. The van der Waals surface area contributed by atoms with E-state index in [0.29, 0.717) is 6.67 Å². The van der Waals surface area contributed by atoms with Gasteiger partial charge in [-0.3, -0.25) is 4.57 Å². The van der Waals surface area contributed by atoms with Gasteiger partial charge in [0, 0.05) is 68.6 Å². The molecule has 5 heteroatoms. The van der Waals surface area contributed by atoms with Crippen LogP contribution in [0.5, 0.6) is 11.5 Å². The molecular formula is C68H72N4O. The smallest absolute Gasteiger partial charge is 0.137 e. The number of pyridine rings is 1. The Morgan fingerprint density at radius 1 is 0.411 bits per heavy atom. The first-order chi connectivity index (χ1) is 34.6. The number of aromatic nitrogens is 2. The molecule has 9 aromatic rings. The van der Waals surface area contributed by atoms with Crippen LogP contribution in [0, 0.1) is 5.41 Å². The van der Waals surface area contributed by atoms with Gasteiger partial charge in [-0.25, -0.2) is 4.98 Å². The van der Waals surface area contributed by atoms with Crippen LogP contribution in [-0.4, -0.2) is 16.2 Å². The van der Waals surface area contributed by atoms with Crippen molar-refractivity contribution in [2.75, 3.05) is 16.5 Å². The molecule has 2 aromatic heterocycles. The predicted octanol–water partition coefficient (Wildman–Crippen LogP) is 18.1. The molecule has 73 heavy (non-hydrogen) atoms. The molecule has 0 unspecified atom stereocenters. The van der Waals surface area contributed by atoms with Crippen LogP contribution in [0.15, 0.2) is 194 Å². The van der Waals surface area contributed by atoms with Gasteiger partial charge in [-0.05, 0) is 116 Å². The molecular weight excluding hydrogens is 889 g/mol. The van der Waals surface area contributed by atoms with Crippen molar-refractivity contribution in [3.05, 3.63) is 227 Å². The van der Waals surface area contributed by atoms with E-state index >= 15 is 0 Å². The highest BCUT2D eigenvalue weighted by atomic mass is 16.5. The molecule has 7 aromatic carbocycles. The van der Waals surface area contributed by atoms with Crippen LogP contribution in [0.4, 0.5) is 11.4 Å². The number of hydrogen-bond acceptors (Lipinski definition) is 4. The monoisotopic (exact) mass is 961 g/mol. The number of hydrogen-bond donors (Lipinski definition) is 0. The Labute approximate surface area is 434 Å². The van der Waals surface area contributed by atoms with Crippen LogP contribution in [-0.2, 0) is 21.7 Å². The van der Waals surface area contributed by atoms with Gasteiger partial charge in [0.2, 0.25) is 0 Å². The van der Waals surface area contributed by atoms with Crippen LogP contribution in [0.25, 0.3) is 38.8 Å². The van der Waals surface area contributed by atoms with Crippen LogP contribution in [0.3, 0.4) is 0 Å². The molecule has 10 rings (SSSR count). The van der Waals surface area contributed by atoms with Crippen molar-refractivity contribution in [3.8, 4) is 28.4 Å². The Hall–Kier alpha value is -7.37. The highest BCUT2D eigenvalue weighted by molar-refractivity contribution is 6.10. The van der Waals surface area contributed by atoms with Crippen molar-refractivity contribution >= 4 is 33.2 Å². The van der Waals surface area contributed by atoms with Gasteiger partial charge in [-0.15, -0.1) is 0 Å². The molecule has 1 aliphatic rings. The minimum atomic E-state index is -0.333. The van der Waals surface area contributed by atoms with E-state index in [1.54, 1.807) is 0 Å². The summed E-state index contributed by atoms with van der Waals surface area (Å²) in [7, 11) is 0. The second-order valence-corrected chi connectivity index (χ2v) is 24.4. The molecule has 5 nitrogen and oxygen atoms in total. The van der Waals surface area contributed by atoms with Crippen LogP contribution in [0.1, 0.15) is 123 Å². The van der Waals surface area contributed by atoms with E-state index in [9.17, 15) is 0 Å². The lowest BCUT2D eigenvalue weighted by Crippen LogP contribution is -2.31. The van der Waals surface area contributed by atoms with Gasteiger partial charge in [0.05, 0.1) is 17.7 Å². The fraction of sp³-hybridized carbons (Fsp3) is 0.279. The van der Waals surface area contributed by atoms with Crippen molar-refractivity contribution < 1.29 is 4.74 Å². The Balaban J connectivity index is 1.12. The number of anilines is 2. The van der Waals surface area contributed by atoms with Gasteiger partial charge in [0.15, 0.2) is 0 Å².